The smallest absolute Gasteiger partial charge is 0.220 e. The lowest BCUT2D eigenvalue weighted by Gasteiger charge is -2.34. The average Bonchev–Trinajstić information content (AvgIpc) is 2.78. The molecule has 2 amide bonds. The van der Waals surface area contributed by atoms with Gasteiger partial charge in [-0.1, -0.05) is 78.1 Å². The number of hydrogen-bond acceptors (Lipinski definition) is 4. The Hall–Kier alpha value is -1.14. The summed E-state index contributed by atoms with van der Waals surface area (Å²) in [5, 5.41) is 15.6. The first-order chi connectivity index (χ1) is 15.5. The molecule has 32 heavy (non-hydrogen) atoms. The number of amides is 2. The second kappa shape index (κ2) is 21.7. The zero-order valence-corrected chi connectivity index (χ0v) is 21.6. The van der Waals surface area contributed by atoms with Crippen molar-refractivity contribution >= 4 is 11.8 Å². The largest absolute Gasteiger partial charge is 0.395 e. The fraction of sp³-hybridized carbons (Fsp3) is 0.923. The third-order valence-electron chi connectivity index (χ3n) is 6.19. The molecule has 6 heteroatoms. The molecule has 0 spiro atoms. The third-order valence-corrected chi connectivity index (χ3v) is 6.19. The van der Waals surface area contributed by atoms with E-state index < -0.39 is 0 Å². The second-order valence-electron chi connectivity index (χ2n) is 9.30. The maximum atomic E-state index is 12.1. The molecule has 6 nitrogen and oxygen atoms in total. The summed E-state index contributed by atoms with van der Waals surface area (Å²) in [6.07, 6.45) is 15.3. The van der Waals surface area contributed by atoms with Gasteiger partial charge in [0.05, 0.1) is 6.61 Å². The molecule has 0 aromatic rings. The van der Waals surface area contributed by atoms with Crippen LogP contribution in [0.3, 0.4) is 0 Å². The maximum absolute atomic E-state index is 12.1. The Morgan fingerprint density at radius 3 is 1.44 bits per heavy atom. The van der Waals surface area contributed by atoms with E-state index >= 15 is 0 Å². The fourth-order valence-electron chi connectivity index (χ4n) is 4.06. The van der Waals surface area contributed by atoms with Crippen molar-refractivity contribution in [3.8, 4) is 0 Å². The molecule has 0 rings (SSSR count). The van der Waals surface area contributed by atoms with Crippen molar-refractivity contribution in [1.29, 1.82) is 0 Å². The predicted octanol–water partition coefficient (Wildman–Crippen LogP) is 4.79. The predicted molar refractivity (Wildman–Crippen MR) is 135 cm³/mol. The molecular weight excluding hydrogens is 402 g/mol. The Labute approximate surface area is 198 Å². The van der Waals surface area contributed by atoms with Crippen LogP contribution in [0.15, 0.2) is 0 Å². The third kappa shape index (κ3) is 17.4. The van der Waals surface area contributed by atoms with E-state index in [4.69, 9.17) is 0 Å². The lowest BCUT2D eigenvalue weighted by atomic mass is 10.1. The number of nitrogens with zero attached hydrogens (tertiary/aromatic N) is 1. The van der Waals surface area contributed by atoms with Gasteiger partial charge in [-0.3, -0.25) is 14.5 Å². The summed E-state index contributed by atoms with van der Waals surface area (Å²) in [5.41, 5.74) is 0. The van der Waals surface area contributed by atoms with Crippen LogP contribution in [0.4, 0.5) is 0 Å². The van der Waals surface area contributed by atoms with Crippen LogP contribution in [0.2, 0.25) is 0 Å². The van der Waals surface area contributed by atoms with Crippen LogP contribution in [0, 0.1) is 0 Å². The minimum Gasteiger partial charge on any atom is -0.395 e. The highest BCUT2D eigenvalue weighted by Gasteiger charge is 2.20. The molecule has 2 unspecified atom stereocenters. The number of aliphatic hydroxyl groups is 1. The van der Waals surface area contributed by atoms with E-state index in [1.165, 1.54) is 51.4 Å². The lowest BCUT2D eigenvalue weighted by Crippen LogP contribution is -2.51. The van der Waals surface area contributed by atoms with E-state index in [1.807, 2.05) is 0 Å². The number of hydrogen-bond donors (Lipinski definition) is 3. The molecule has 0 aliphatic rings. The highest BCUT2D eigenvalue weighted by Crippen LogP contribution is 2.09. The summed E-state index contributed by atoms with van der Waals surface area (Å²) in [6.45, 7) is 10.3. The van der Waals surface area contributed by atoms with Gasteiger partial charge < -0.3 is 15.7 Å². The zero-order valence-electron chi connectivity index (χ0n) is 21.6. The molecule has 190 valence electrons. The Kier molecular flexibility index (Phi) is 20.9. The number of unbranched alkanes of at least 4 members (excludes halogenated alkanes) is 10. The highest BCUT2D eigenvalue weighted by molar-refractivity contribution is 5.76. The number of carbonyl (C=O) groups is 2. The molecule has 0 heterocycles. The lowest BCUT2D eigenvalue weighted by molar-refractivity contribution is -0.122. The van der Waals surface area contributed by atoms with Crippen LogP contribution in [0.5, 0.6) is 0 Å². The van der Waals surface area contributed by atoms with Gasteiger partial charge in [0.15, 0.2) is 0 Å². The Balaban J connectivity index is 4.13. The van der Waals surface area contributed by atoms with Crippen molar-refractivity contribution in [2.24, 2.45) is 0 Å². The van der Waals surface area contributed by atoms with Gasteiger partial charge in [0.1, 0.15) is 0 Å². The van der Waals surface area contributed by atoms with E-state index in [0.717, 1.165) is 25.7 Å². The molecule has 0 aliphatic carbocycles. The average molecular weight is 456 g/mol. The van der Waals surface area contributed by atoms with Gasteiger partial charge in [-0.05, 0) is 26.7 Å². The number of aliphatic hydroxyl groups excluding tert-OH is 1. The number of nitrogens with one attached hydrogen (secondary N) is 2. The topological polar surface area (TPSA) is 81.7 Å². The SMILES string of the molecule is CCCCCCCCC(=O)NCC(C)N(CCO)C(C)CNC(=O)CCCCCCCC. The Morgan fingerprint density at radius 2 is 1.06 bits per heavy atom. The number of carbonyl (C=O) groups excluding carboxylic acids is 2. The normalized spacial score (nSPS) is 13.2. The molecule has 0 aromatic carbocycles. The first-order valence-corrected chi connectivity index (χ1v) is 13.4. The second-order valence-corrected chi connectivity index (χ2v) is 9.30. The van der Waals surface area contributed by atoms with E-state index in [9.17, 15) is 14.7 Å². The van der Waals surface area contributed by atoms with Gasteiger partial charge in [0, 0.05) is 44.6 Å². The zero-order chi connectivity index (χ0) is 24.0. The first kappa shape index (κ1) is 30.9. The summed E-state index contributed by atoms with van der Waals surface area (Å²) >= 11 is 0. The molecule has 0 radical (unpaired) electrons. The van der Waals surface area contributed by atoms with E-state index in [0.29, 0.717) is 32.5 Å². The van der Waals surface area contributed by atoms with Gasteiger partial charge in [-0.15, -0.1) is 0 Å². The minimum absolute atomic E-state index is 0.0616. The molecule has 0 fully saturated rings. The summed E-state index contributed by atoms with van der Waals surface area (Å²) in [7, 11) is 0. The van der Waals surface area contributed by atoms with E-state index in [1.54, 1.807) is 0 Å². The number of rotatable bonds is 22. The summed E-state index contributed by atoms with van der Waals surface area (Å²) in [6, 6.07) is 0.197. The highest BCUT2D eigenvalue weighted by atomic mass is 16.3. The van der Waals surface area contributed by atoms with Crippen molar-refractivity contribution in [3.05, 3.63) is 0 Å². The van der Waals surface area contributed by atoms with Crippen molar-refractivity contribution in [2.75, 3.05) is 26.2 Å². The summed E-state index contributed by atoms with van der Waals surface area (Å²) in [4.78, 5) is 26.5. The maximum Gasteiger partial charge on any atom is 0.220 e. The van der Waals surface area contributed by atoms with Crippen LogP contribution >= 0.6 is 0 Å². The van der Waals surface area contributed by atoms with Gasteiger partial charge >= 0.3 is 0 Å². The van der Waals surface area contributed by atoms with E-state index in [2.05, 4.69) is 43.2 Å². The minimum atomic E-state index is 0.0616. The van der Waals surface area contributed by atoms with Crippen LogP contribution in [-0.4, -0.2) is 60.1 Å². The van der Waals surface area contributed by atoms with Crippen LogP contribution in [-0.2, 0) is 9.59 Å². The summed E-state index contributed by atoms with van der Waals surface area (Å²) in [5.74, 6) is 0.215. The monoisotopic (exact) mass is 455 g/mol. The van der Waals surface area contributed by atoms with Crippen LogP contribution < -0.4 is 10.6 Å². The van der Waals surface area contributed by atoms with Crippen molar-refractivity contribution in [1.82, 2.24) is 15.5 Å². The Morgan fingerprint density at radius 1 is 0.688 bits per heavy atom. The van der Waals surface area contributed by atoms with Crippen molar-refractivity contribution < 1.29 is 14.7 Å². The fourth-order valence-corrected chi connectivity index (χ4v) is 4.06. The molecule has 3 N–H and O–H groups in total. The molecule has 0 saturated heterocycles. The summed E-state index contributed by atoms with van der Waals surface area (Å²) < 4.78 is 0. The van der Waals surface area contributed by atoms with E-state index in [-0.39, 0.29) is 30.5 Å². The van der Waals surface area contributed by atoms with Crippen molar-refractivity contribution in [3.63, 3.8) is 0 Å². The molecule has 0 saturated carbocycles. The molecule has 0 bridgehead atoms. The standard InChI is InChI=1S/C26H53N3O3/c1-5-7-9-11-13-15-17-25(31)27-21-23(3)29(19-20-30)24(4)22-28-26(32)18-16-14-12-10-8-6-2/h23-24,30H,5-22H2,1-4H3,(H,27,31)(H,28,32). The molecule has 0 aliphatic heterocycles. The van der Waals surface area contributed by atoms with Crippen LogP contribution in [0.25, 0.3) is 0 Å². The molecule has 2 atom stereocenters. The molecular formula is C26H53N3O3. The van der Waals surface area contributed by atoms with Crippen LogP contribution in [0.1, 0.15) is 118 Å². The molecule has 0 aromatic heterocycles. The van der Waals surface area contributed by atoms with Gasteiger partial charge in [-0.2, -0.15) is 0 Å². The first-order valence-electron chi connectivity index (χ1n) is 13.4. The quantitative estimate of drug-likeness (QED) is 0.205. The van der Waals surface area contributed by atoms with Gasteiger partial charge in [0.2, 0.25) is 11.8 Å². The van der Waals surface area contributed by atoms with Gasteiger partial charge in [0.25, 0.3) is 0 Å². The Bertz CT molecular complexity index is 422. The van der Waals surface area contributed by atoms with Crippen molar-refractivity contribution in [2.45, 2.75) is 130 Å². The van der Waals surface area contributed by atoms with Gasteiger partial charge in [-0.25, -0.2) is 0 Å².